The van der Waals surface area contributed by atoms with Crippen molar-refractivity contribution in [3.63, 3.8) is 0 Å². The van der Waals surface area contributed by atoms with Gasteiger partial charge in [-0.2, -0.15) is 0 Å². The molecule has 1 atom stereocenters. The number of hydrogen-bond donors (Lipinski definition) is 1. The Hall–Kier alpha value is -2.76. The number of rotatable bonds is 7. The Morgan fingerprint density at radius 1 is 1.20 bits per heavy atom. The molecule has 5 nitrogen and oxygen atoms in total. The second-order valence-electron chi connectivity index (χ2n) is 5.76. The van der Waals surface area contributed by atoms with Gasteiger partial charge in [-0.05, 0) is 36.2 Å². The molecule has 1 N–H and O–H groups in total. The first-order chi connectivity index (χ1) is 12.0. The number of carbonyl (C=O) groups is 2. The van der Waals surface area contributed by atoms with Gasteiger partial charge >= 0.3 is 0 Å². The summed E-state index contributed by atoms with van der Waals surface area (Å²) >= 11 is 0. The van der Waals surface area contributed by atoms with Crippen molar-refractivity contribution >= 4 is 11.8 Å². The van der Waals surface area contributed by atoms with E-state index in [0.717, 1.165) is 11.1 Å². The molecule has 2 rings (SSSR count). The Morgan fingerprint density at radius 2 is 1.92 bits per heavy atom. The van der Waals surface area contributed by atoms with E-state index in [0.29, 0.717) is 13.0 Å². The molecule has 1 heterocycles. The first kappa shape index (κ1) is 18.6. The minimum absolute atomic E-state index is 0.131. The van der Waals surface area contributed by atoms with E-state index >= 15 is 0 Å². The van der Waals surface area contributed by atoms with Crippen LogP contribution in [0.4, 0.5) is 4.39 Å². The summed E-state index contributed by atoms with van der Waals surface area (Å²) in [6.45, 7) is 4.05. The lowest BCUT2D eigenvalue weighted by Crippen LogP contribution is -2.47. The SMILES string of the molecule is CCC(=O)N(Cc1ccc(F)cc1)[C@H](C)C(=O)NCc1cccnc1. The lowest BCUT2D eigenvalue weighted by atomic mass is 10.1. The summed E-state index contributed by atoms with van der Waals surface area (Å²) < 4.78 is 13.0. The number of aromatic nitrogens is 1. The van der Waals surface area contributed by atoms with Crippen molar-refractivity contribution < 1.29 is 14.0 Å². The monoisotopic (exact) mass is 343 g/mol. The molecule has 0 aliphatic heterocycles. The largest absolute Gasteiger partial charge is 0.350 e. The van der Waals surface area contributed by atoms with Gasteiger partial charge in [0.15, 0.2) is 0 Å². The maximum Gasteiger partial charge on any atom is 0.242 e. The topological polar surface area (TPSA) is 62.3 Å². The van der Waals surface area contributed by atoms with Crippen LogP contribution in [0.3, 0.4) is 0 Å². The van der Waals surface area contributed by atoms with Crippen LogP contribution in [0.15, 0.2) is 48.8 Å². The molecule has 0 spiro atoms. The maximum absolute atomic E-state index is 13.0. The summed E-state index contributed by atoms with van der Waals surface area (Å²) in [6.07, 6.45) is 3.64. The summed E-state index contributed by atoms with van der Waals surface area (Å²) in [7, 11) is 0. The number of nitrogens with zero attached hydrogens (tertiary/aromatic N) is 2. The standard InChI is InChI=1S/C19H22FN3O2/c1-3-18(24)23(13-15-6-8-17(20)9-7-15)14(2)19(25)22-12-16-5-4-10-21-11-16/h4-11,14H,3,12-13H2,1-2H3,(H,22,25)/t14-/m1/s1. The Balaban J connectivity index is 2.03. The second kappa shape index (κ2) is 8.92. The van der Waals surface area contributed by atoms with E-state index < -0.39 is 6.04 Å². The van der Waals surface area contributed by atoms with Gasteiger partial charge in [0, 0.05) is 31.9 Å². The summed E-state index contributed by atoms with van der Waals surface area (Å²) in [5.74, 6) is -0.708. The molecule has 0 fully saturated rings. The number of carbonyl (C=O) groups excluding carboxylic acids is 2. The van der Waals surface area contributed by atoms with Crippen LogP contribution in [-0.2, 0) is 22.7 Å². The van der Waals surface area contributed by atoms with E-state index in [1.807, 2.05) is 6.07 Å². The zero-order chi connectivity index (χ0) is 18.2. The Morgan fingerprint density at radius 3 is 2.52 bits per heavy atom. The van der Waals surface area contributed by atoms with Gasteiger partial charge in [0.2, 0.25) is 11.8 Å². The van der Waals surface area contributed by atoms with Crippen LogP contribution in [0.25, 0.3) is 0 Å². The molecule has 6 heteroatoms. The van der Waals surface area contributed by atoms with E-state index in [2.05, 4.69) is 10.3 Å². The summed E-state index contributed by atoms with van der Waals surface area (Å²) in [5.41, 5.74) is 1.66. The molecule has 0 bridgehead atoms. The maximum atomic E-state index is 13.0. The fourth-order valence-electron chi connectivity index (χ4n) is 2.41. The molecule has 0 saturated carbocycles. The van der Waals surface area contributed by atoms with Crippen molar-refractivity contribution in [3.8, 4) is 0 Å². The van der Waals surface area contributed by atoms with Crippen LogP contribution >= 0.6 is 0 Å². The highest BCUT2D eigenvalue weighted by molar-refractivity contribution is 5.87. The third-order valence-corrected chi connectivity index (χ3v) is 3.93. The number of hydrogen-bond acceptors (Lipinski definition) is 3. The van der Waals surface area contributed by atoms with E-state index in [9.17, 15) is 14.0 Å². The second-order valence-corrected chi connectivity index (χ2v) is 5.76. The van der Waals surface area contributed by atoms with Gasteiger partial charge in [0.05, 0.1) is 0 Å². The molecule has 2 amide bonds. The fourth-order valence-corrected chi connectivity index (χ4v) is 2.41. The van der Waals surface area contributed by atoms with Crippen molar-refractivity contribution in [2.45, 2.75) is 39.4 Å². The van der Waals surface area contributed by atoms with Gasteiger partial charge in [0.25, 0.3) is 0 Å². The predicted octanol–water partition coefficient (Wildman–Crippen LogP) is 2.66. The average Bonchev–Trinajstić information content (AvgIpc) is 2.65. The van der Waals surface area contributed by atoms with E-state index in [-0.39, 0.29) is 24.2 Å². The summed E-state index contributed by atoms with van der Waals surface area (Å²) in [5, 5.41) is 2.82. The highest BCUT2D eigenvalue weighted by Gasteiger charge is 2.24. The van der Waals surface area contributed by atoms with Crippen molar-refractivity contribution in [2.24, 2.45) is 0 Å². The first-order valence-corrected chi connectivity index (χ1v) is 8.21. The van der Waals surface area contributed by atoms with E-state index in [1.165, 1.54) is 17.0 Å². The highest BCUT2D eigenvalue weighted by atomic mass is 19.1. The van der Waals surface area contributed by atoms with Gasteiger partial charge in [-0.3, -0.25) is 14.6 Å². The molecule has 132 valence electrons. The number of nitrogens with one attached hydrogen (secondary N) is 1. The molecule has 0 unspecified atom stereocenters. The van der Waals surface area contributed by atoms with Gasteiger partial charge in [-0.15, -0.1) is 0 Å². The van der Waals surface area contributed by atoms with Crippen LogP contribution in [0, 0.1) is 5.82 Å². The molecule has 25 heavy (non-hydrogen) atoms. The van der Waals surface area contributed by atoms with Crippen molar-refractivity contribution in [3.05, 3.63) is 65.7 Å². The first-order valence-electron chi connectivity index (χ1n) is 8.21. The van der Waals surface area contributed by atoms with Crippen LogP contribution in [0.5, 0.6) is 0 Å². The zero-order valence-electron chi connectivity index (χ0n) is 14.4. The molecule has 2 aromatic rings. The minimum Gasteiger partial charge on any atom is -0.350 e. The fraction of sp³-hybridized carbons (Fsp3) is 0.316. The van der Waals surface area contributed by atoms with Crippen LogP contribution in [0.1, 0.15) is 31.4 Å². The molecular formula is C19H22FN3O2. The van der Waals surface area contributed by atoms with E-state index in [4.69, 9.17) is 0 Å². The van der Waals surface area contributed by atoms with E-state index in [1.54, 1.807) is 44.4 Å². The van der Waals surface area contributed by atoms with Crippen molar-refractivity contribution in [1.82, 2.24) is 15.2 Å². The zero-order valence-corrected chi connectivity index (χ0v) is 14.4. The third-order valence-electron chi connectivity index (χ3n) is 3.93. The van der Waals surface area contributed by atoms with Crippen molar-refractivity contribution in [1.29, 1.82) is 0 Å². The molecule has 0 saturated heterocycles. The Labute approximate surface area is 146 Å². The van der Waals surface area contributed by atoms with Gasteiger partial charge in [-0.1, -0.05) is 25.1 Å². The van der Waals surface area contributed by atoms with Gasteiger partial charge in [0.1, 0.15) is 11.9 Å². The molecule has 0 radical (unpaired) electrons. The summed E-state index contributed by atoms with van der Waals surface area (Å²) in [6, 6.07) is 8.96. The van der Waals surface area contributed by atoms with Crippen LogP contribution in [0.2, 0.25) is 0 Å². The minimum atomic E-state index is -0.630. The molecule has 1 aromatic heterocycles. The highest BCUT2D eigenvalue weighted by Crippen LogP contribution is 2.12. The number of pyridine rings is 1. The molecule has 0 aliphatic rings. The molecule has 1 aromatic carbocycles. The van der Waals surface area contributed by atoms with Crippen LogP contribution in [-0.4, -0.2) is 27.7 Å². The number of benzene rings is 1. The van der Waals surface area contributed by atoms with Crippen LogP contribution < -0.4 is 5.32 Å². The predicted molar refractivity (Wildman–Crippen MR) is 92.8 cm³/mol. The number of amides is 2. The normalized spacial score (nSPS) is 11.6. The summed E-state index contributed by atoms with van der Waals surface area (Å²) in [4.78, 5) is 30.2. The van der Waals surface area contributed by atoms with Crippen molar-refractivity contribution in [2.75, 3.05) is 0 Å². The number of halogens is 1. The molecule has 0 aliphatic carbocycles. The van der Waals surface area contributed by atoms with Gasteiger partial charge in [-0.25, -0.2) is 4.39 Å². The molecular weight excluding hydrogens is 321 g/mol. The van der Waals surface area contributed by atoms with Gasteiger partial charge < -0.3 is 10.2 Å². The smallest absolute Gasteiger partial charge is 0.242 e. The Bertz CT molecular complexity index is 704. The third kappa shape index (κ3) is 5.38. The quantitative estimate of drug-likeness (QED) is 0.841. The Kier molecular flexibility index (Phi) is 6.62. The lowest BCUT2D eigenvalue weighted by molar-refractivity contribution is -0.140. The average molecular weight is 343 g/mol. The lowest BCUT2D eigenvalue weighted by Gasteiger charge is -2.28.